The van der Waals surface area contributed by atoms with Gasteiger partial charge in [-0.3, -0.25) is 4.40 Å². The molecule has 0 saturated heterocycles. The van der Waals surface area contributed by atoms with E-state index >= 15 is 0 Å². The van der Waals surface area contributed by atoms with E-state index in [9.17, 15) is 0 Å². The number of hydrogen-bond acceptors (Lipinski definition) is 5. The number of imidazole rings is 1. The number of aromatic nitrogens is 4. The third-order valence-electron chi connectivity index (χ3n) is 5.12. The fraction of sp³-hybridized carbons (Fsp3) is 0.167. The SMILES string of the molecule is COc1ccc(OCCn2c3ccccc3n3c(SCc4ccccc4)nnc23)cc1. The van der Waals surface area contributed by atoms with Crippen LogP contribution < -0.4 is 9.47 Å². The van der Waals surface area contributed by atoms with Crippen LogP contribution in [-0.2, 0) is 12.3 Å². The van der Waals surface area contributed by atoms with Gasteiger partial charge in [0.15, 0.2) is 5.16 Å². The zero-order chi connectivity index (χ0) is 21.0. The average Bonchev–Trinajstić information content (AvgIpc) is 3.38. The van der Waals surface area contributed by atoms with Gasteiger partial charge in [0.25, 0.3) is 0 Å². The lowest BCUT2D eigenvalue weighted by molar-refractivity contribution is 0.301. The van der Waals surface area contributed by atoms with Gasteiger partial charge in [0, 0.05) is 5.75 Å². The zero-order valence-corrected chi connectivity index (χ0v) is 18.0. The Hall–Kier alpha value is -3.45. The van der Waals surface area contributed by atoms with Crippen LogP contribution in [0.4, 0.5) is 0 Å². The van der Waals surface area contributed by atoms with E-state index in [1.54, 1.807) is 18.9 Å². The summed E-state index contributed by atoms with van der Waals surface area (Å²) in [6, 6.07) is 26.4. The van der Waals surface area contributed by atoms with Crippen LogP contribution in [-0.4, -0.2) is 32.9 Å². The van der Waals surface area contributed by atoms with Crippen molar-refractivity contribution in [3.05, 3.63) is 84.4 Å². The highest BCUT2D eigenvalue weighted by atomic mass is 32.2. The molecule has 0 saturated carbocycles. The molecule has 6 nitrogen and oxygen atoms in total. The molecule has 5 aromatic rings. The number of methoxy groups -OCH3 is 1. The number of hydrogen-bond donors (Lipinski definition) is 0. The number of rotatable bonds is 8. The maximum absolute atomic E-state index is 5.95. The molecule has 5 rings (SSSR count). The molecule has 0 unspecified atom stereocenters. The van der Waals surface area contributed by atoms with E-state index in [2.05, 4.69) is 55.6 Å². The van der Waals surface area contributed by atoms with E-state index in [0.717, 1.165) is 39.2 Å². The first-order valence-corrected chi connectivity index (χ1v) is 11.1. The minimum atomic E-state index is 0.528. The van der Waals surface area contributed by atoms with Crippen molar-refractivity contribution < 1.29 is 9.47 Å². The number of thioether (sulfide) groups is 1. The highest BCUT2D eigenvalue weighted by molar-refractivity contribution is 7.98. The Kier molecular flexibility index (Phi) is 5.50. The number of fused-ring (bicyclic) bond motifs is 3. The van der Waals surface area contributed by atoms with Gasteiger partial charge in [0.05, 0.1) is 24.7 Å². The minimum absolute atomic E-state index is 0.528. The van der Waals surface area contributed by atoms with Crippen molar-refractivity contribution in [1.82, 2.24) is 19.2 Å². The average molecular weight is 431 g/mol. The third kappa shape index (κ3) is 3.96. The maximum atomic E-state index is 5.95. The first kappa shape index (κ1) is 19.5. The summed E-state index contributed by atoms with van der Waals surface area (Å²) in [4.78, 5) is 0. The lowest BCUT2D eigenvalue weighted by atomic mass is 10.2. The normalized spacial score (nSPS) is 11.3. The van der Waals surface area contributed by atoms with Gasteiger partial charge in [-0.15, -0.1) is 10.2 Å². The van der Waals surface area contributed by atoms with Crippen LogP contribution in [0.25, 0.3) is 16.8 Å². The Balaban J connectivity index is 1.39. The first-order valence-electron chi connectivity index (χ1n) is 10.1. The molecule has 0 spiro atoms. The van der Waals surface area contributed by atoms with Crippen molar-refractivity contribution in [2.75, 3.05) is 13.7 Å². The lowest BCUT2D eigenvalue weighted by Crippen LogP contribution is -2.08. The smallest absolute Gasteiger partial charge is 0.237 e. The Bertz CT molecular complexity index is 1300. The molecule has 31 heavy (non-hydrogen) atoms. The highest BCUT2D eigenvalue weighted by Gasteiger charge is 2.17. The largest absolute Gasteiger partial charge is 0.497 e. The molecule has 2 heterocycles. The Labute approximate surface area is 184 Å². The lowest BCUT2D eigenvalue weighted by Gasteiger charge is -2.08. The summed E-state index contributed by atoms with van der Waals surface area (Å²) < 4.78 is 15.4. The summed E-state index contributed by atoms with van der Waals surface area (Å²) in [6.07, 6.45) is 0. The van der Waals surface area contributed by atoms with E-state index in [1.807, 2.05) is 42.5 Å². The van der Waals surface area contributed by atoms with Gasteiger partial charge in [-0.2, -0.15) is 0 Å². The summed E-state index contributed by atoms with van der Waals surface area (Å²) in [5.74, 6) is 3.31. The molecule has 3 aromatic carbocycles. The number of ether oxygens (including phenoxy) is 2. The fourth-order valence-electron chi connectivity index (χ4n) is 3.60. The highest BCUT2D eigenvalue weighted by Crippen LogP contribution is 2.28. The summed E-state index contributed by atoms with van der Waals surface area (Å²) in [5, 5.41) is 9.86. The van der Waals surface area contributed by atoms with Crippen LogP contribution >= 0.6 is 11.8 Å². The second-order valence-electron chi connectivity index (χ2n) is 7.06. The van der Waals surface area contributed by atoms with E-state index in [0.29, 0.717) is 13.2 Å². The maximum Gasteiger partial charge on any atom is 0.237 e. The zero-order valence-electron chi connectivity index (χ0n) is 17.1. The molecule has 0 radical (unpaired) electrons. The number of benzene rings is 3. The number of nitrogens with zero attached hydrogens (tertiary/aromatic N) is 4. The standard InChI is InChI=1S/C24H22N4O2S/c1-29-19-11-13-20(14-12-19)30-16-15-27-21-9-5-6-10-22(21)28-23(27)25-26-24(28)31-17-18-7-3-2-4-8-18/h2-14H,15-17H2,1H3. The van der Waals surface area contributed by atoms with Gasteiger partial charge in [-0.25, -0.2) is 0 Å². The summed E-state index contributed by atoms with van der Waals surface area (Å²) in [7, 11) is 1.66. The van der Waals surface area contributed by atoms with Gasteiger partial charge in [0.1, 0.15) is 18.1 Å². The van der Waals surface area contributed by atoms with Crippen molar-refractivity contribution >= 4 is 28.6 Å². The molecule has 0 bridgehead atoms. The number of para-hydroxylation sites is 2. The molecule has 0 fully saturated rings. The van der Waals surface area contributed by atoms with Crippen molar-refractivity contribution in [3.8, 4) is 11.5 Å². The van der Waals surface area contributed by atoms with Crippen LogP contribution in [0.1, 0.15) is 5.56 Å². The molecular weight excluding hydrogens is 408 g/mol. The molecule has 0 amide bonds. The summed E-state index contributed by atoms with van der Waals surface area (Å²) >= 11 is 1.69. The van der Waals surface area contributed by atoms with Gasteiger partial charge in [-0.1, -0.05) is 54.2 Å². The second kappa shape index (κ2) is 8.73. The van der Waals surface area contributed by atoms with Crippen molar-refractivity contribution in [3.63, 3.8) is 0 Å². The summed E-state index contributed by atoms with van der Waals surface area (Å²) in [6.45, 7) is 1.20. The van der Waals surface area contributed by atoms with Crippen molar-refractivity contribution in [1.29, 1.82) is 0 Å². The predicted octanol–water partition coefficient (Wildman–Crippen LogP) is 5.06. The molecule has 0 aliphatic rings. The van der Waals surface area contributed by atoms with Gasteiger partial charge in [-0.05, 0) is 42.0 Å². The molecule has 0 N–H and O–H groups in total. The van der Waals surface area contributed by atoms with E-state index in [-0.39, 0.29) is 0 Å². The third-order valence-corrected chi connectivity index (χ3v) is 6.13. The van der Waals surface area contributed by atoms with E-state index in [1.165, 1.54) is 5.56 Å². The minimum Gasteiger partial charge on any atom is -0.497 e. The quantitative estimate of drug-likeness (QED) is 0.322. The Morgan fingerprint density at radius 1 is 0.806 bits per heavy atom. The van der Waals surface area contributed by atoms with Gasteiger partial charge in [0.2, 0.25) is 5.78 Å². The van der Waals surface area contributed by atoms with E-state index < -0.39 is 0 Å². The van der Waals surface area contributed by atoms with Crippen LogP contribution in [0.5, 0.6) is 11.5 Å². The molecule has 0 aliphatic heterocycles. The van der Waals surface area contributed by atoms with Gasteiger partial charge < -0.3 is 14.0 Å². The molecule has 0 atom stereocenters. The molecule has 156 valence electrons. The second-order valence-corrected chi connectivity index (χ2v) is 8.00. The Morgan fingerprint density at radius 2 is 1.52 bits per heavy atom. The molecule has 2 aromatic heterocycles. The summed E-state index contributed by atoms with van der Waals surface area (Å²) in [5.41, 5.74) is 3.48. The monoisotopic (exact) mass is 430 g/mol. The van der Waals surface area contributed by atoms with Crippen LogP contribution in [0.15, 0.2) is 84.0 Å². The molecule has 0 aliphatic carbocycles. The predicted molar refractivity (Wildman–Crippen MR) is 123 cm³/mol. The van der Waals surface area contributed by atoms with Crippen LogP contribution in [0, 0.1) is 0 Å². The molecule has 7 heteroatoms. The Morgan fingerprint density at radius 3 is 2.29 bits per heavy atom. The van der Waals surface area contributed by atoms with Crippen molar-refractivity contribution in [2.45, 2.75) is 17.5 Å². The molecular formula is C24H22N4O2S. The van der Waals surface area contributed by atoms with Crippen molar-refractivity contribution in [2.24, 2.45) is 0 Å². The topological polar surface area (TPSA) is 53.6 Å². The van der Waals surface area contributed by atoms with E-state index in [4.69, 9.17) is 9.47 Å². The fourth-order valence-corrected chi connectivity index (χ4v) is 4.50. The first-order chi connectivity index (χ1) is 15.3. The van der Waals surface area contributed by atoms with Crippen LogP contribution in [0.3, 0.4) is 0 Å². The van der Waals surface area contributed by atoms with Gasteiger partial charge >= 0.3 is 0 Å². The van der Waals surface area contributed by atoms with Crippen LogP contribution in [0.2, 0.25) is 0 Å².